The highest BCUT2D eigenvalue weighted by molar-refractivity contribution is 5.72. The van der Waals surface area contributed by atoms with Crippen LogP contribution in [0, 0.1) is 6.92 Å². The van der Waals surface area contributed by atoms with Crippen LogP contribution in [-0.2, 0) is 6.54 Å². The summed E-state index contributed by atoms with van der Waals surface area (Å²) in [5, 5.41) is 4.09. The van der Waals surface area contributed by atoms with Gasteiger partial charge in [0.25, 0.3) is 0 Å². The number of aromatic nitrogens is 2. The minimum Gasteiger partial charge on any atom is -0.296 e. The Morgan fingerprint density at radius 2 is 2.55 bits per heavy atom. The second-order valence-electron chi connectivity index (χ2n) is 2.30. The summed E-state index contributed by atoms with van der Waals surface area (Å²) in [7, 11) is 0. The van der Waals surface area contributed by atoms with Crippen LogP contribution in [0.15, 0.2) is 18.7 Å². The van der Waals surface area contributed by atoms with Crippen LogP contribution >= 0.6 is 0 Å². The molecule has 1 aromatic heterocycles. The van der Waals surface area contributed by atoms with Gasteiger partial charge in [0.2, 0.25) is 0 Å². The van der Waals surface area contributed by atoms with Crippen molar-refractivity contribution in [3.05, 3.63) is 30.1 Å². The van der Waals surface area contributed by atoms with Gasteiger partial charge < -0.3 is 0 Å². The van der Waals surface area contributed by atoms with Gasteiger partial charge in [0.1, 0.15) is 5.69 Å². The van der Waals surface area contributed by atoms with Crippen molar-refractivity contribution in [2.75, 3.05) is 0 Å². The summed E-state index contributed by atoms with van der Waals surface area (Å²) in [6.07, 6.45) is 2.50. The smallest absolute Gasteiger partial charge is 0.168 e. The minimum atomic E-state index is 0.585. The van der Waals surface area contributed by atoms with E-state index in [0.717, 1.165) is 12.0 Å². The first-order chi connectivity index (χ1) is 5.27. The predicted molar refractivity (Wildman–Crippen MR) is 42.5 cm³/mol. The number of carbonyl (C=O) groups excluding carboxylic acids is 1. The molecule has 1 heterocycles. The molecular weight excluding hydrogens is 140 g/mol. The second kappa shape index (κ2) is 3.14. The summed E-state index contributed by atoms with van der Waals surface area (Å²) in [6.45, 7) is 6.00. The highest BCUT2D eigenvalue weighted by atomic mass is 16.1. The van der Waals surface area contributed by atoms with E-state index in [1.165, 1.54) is 0 Å². The Balaban J connectivity index is 3.00. The molecule has 0 aliphatic heterocycles. The number of allylic oxidation sites excluding steroid dienone is 1. The van der Waals surface area contributed by atoms with Gasteiger partial charge in [-0.15, -0.1) is 6.58 Å². The maximum Gasteiger partial charge on any atom is 0.168 e. The Morgan fingerprint density at radius 3 is 3.09 bits per heavy atom. The van der Waals surface area contributed by atoms with Crippen molar-refractivity contribution in [3.63, 3.8) is 0 Å². The quantitative estimate of drug-likeness (QED) is 0.479. The largest absolute Gasteiger partial charge is 0.296 e. The van der Waals surface area contributed by atoms with Crippen LogP contribution in [0.25, 0.3) is 0 Å². The third-order valence-electron chi connectivity index (χ3n) is 1.36. The molecule has 3 nitrogen and oxygen atoms in total. The molecule has 0 spiro atoms. The molecule has 0 atom stereocenters. The normalized spacial score (nSPS) is 9.55. The molecule has 58 valence electrons. The maximum atomic E-state index is 10.4. The minimum absolute atomic E-state index is 0.585. The second-order valence-corrected chi connectivity index (χ2v) is 2.30. The van der Waals surface area contributed by atoms with Gasteiger partial charge in [-0.05, 0) is 13.0 Å². The molecule has 0 saturated carbocycles. The van der Waals surface area contributed by atoms with E-state index in [9.17, 15) is 4.79 Å². The van der Waals surface area contributed by atoms with E-state index in [4.69, 9.17) is 0 Å². The lowest BCUT2D eigenvalue weighted by molar-refractivity contribution is 0.111. The number of nitrogens with zero attached hydrogens (tertiary/aromatic N) is 2. The van der Waals surface area contributed by atoms with E-state index in [2.05, 4.69) is 11.7 Å². The summed E-state index contributed by atoms with van der Waals surface area (Å²) in [6, 6.07) is 1.75. The Kier molecular flexibility index (Phi) is 2.21. The Bertz CT molecular complexity index is 276. The van der Waals surface area contributed by atoms with Gasteiger partial charge in [0.15, 0.2) is 6.29 Å². The molecule has 1 aromatic rings. The molecule has 11 heavy (non-hydrogen) atoms. The molecule has 0 fully saturated rings. The Labute approximate surface area is 65.3 Å². The molecule has 1 rings (SSSR count). The first-order valence-corrected chi connectivity index (χ1v) is 3.38. The van der Waals surface area contributed by atoms with Crippen molar-refractivity contribution in [1.82, 2.24) is 9.78 Å². The fourth-order valence-corrected chi connectivity index (χ4v) is 0.929. The average Bonchev–Trinajstić information content (AvgIpc) is 2.32. The fraction of sp³-hybridized carbons (Fsp3) is 0.250. The molecule has 0 N–H and O–H groups in total. The highest BCUT2D eigenvalue weighted by Crippen LogP contribution is 2.00. The van der Waals surface area contributed by atoms with E-state index in [-0.39, 0.29) is 0 Å². The van der Waals surface area contributed by atoms with Crippen molar-refractivity contribution < 1.29 is 4.79 Å². The van der Waals surface area contributed by atoms with Crippen LogP contribution in [0.5, 0.6) is 0 Å². The summed E-state index contributed by atoms with van der Waals surface area (Å²) >= 11 is 0. The number of rotatable bonds is 3. The third kappa shape index (κ3) is 1.55. The summed E-state index contributed by atoms with van der Waals surface area (Å²) in [5.41, 5.74) is 1.45. The topological polar surface area (TPSA) is 34.9 Å². The first-order valence-electron chi connectivity index (χ1n) is 3.38. The van der Waals surface area contributed by atoms with E-state index in [0.29, 0.717) is 12.2 Å². The zero-order valence-corrected chi connectivity index (χ0v) is 6.45. The van der Waals surface area contributed by atoms with Crippen LogP contribution in [0.2, 0.25) is 0 Å². The van der Waals surface area contributed by atoms with Gasteiger partial charge in [-0.2, -0.15) is 5.10 Å². The lowest BCUT2D eigenvalue weighted by Gasteiger charge is -1.95. The average molecular weight is 150 g/mol. The van der Waals surface area contributed by atoms with Crippen molar-refractivity contribution in [1.29, 1.82) is 0 Å². The molecule has 3 heteroatoms. The number of hydrogen-bond acceptors (Lipinski definition) is 2. The Morgan fingerprint density at radius 1 is 1.82 bits per heavy atom. The van der Waals surface area contributed by atoms with Gasteiger partial charge in [0, 0.05) is 0 Å². The fourth-order valence-electron chi connectivity index (χ4n) is 0.929. The van der Waals surface area contributed by atoms with E-state index >= 15 is 0 Å². The number of hydrogen-bond donors (Lipinski definition) is 0. The number of aryl methyl sites for hydroxylation is 1. The van der Waals surface area contributed by atoms with E-state index in [1.807, 2.05) is 6.92 Å². The zero-order valence-electron chi connectivity index (χ0n) is 6.45. The van der Waals surface area contributed by atoms with E-state index < -0.39 is 0 Å². The van der Waals surface area contributed by atoms with Gasteiger partial charge >= 0.3 is 0 Å². The van der Waals surface area contributed by atoms with Crippen LogP contribution in [0.3, 0.4) is 0 Å². The molecule has 0 unspecified atom stereocenters. The van der Waals surface area contributed by atoms with Gasteiger partial charge in [-0.1, -0.05) is 6.08 Å². The Hall–Kier alpha value is -1.38. The van der Waals surface area contributed by atoms with Crippen LogP contribution in [-0.4, -0.2) is 16.1 Å². The van der Waals surface area contributed by atoms with E-state index in [1.54, 1.807) is 16.8 Å². The van der Waals surface area contributed by atoms with Crippen LogP contribution in [0.4, 0.5) is 0 Å². The SMILES string of the molecule is C=CCn1nc(C)cc1C=O. The van der Waals surface area contributed by atoms with Gasteiger partial charge in [-0.3, -0.25) is 9.48 Å². The molecule has 0 radical (unpaired) electrons. The molecule has 0 aliphatic carbocycles. The van der Waals surface area contributed by atoms with Crippen molar-refractivity contribution >= 4 is 6.29 Å². The molecular formula is C8H10N2O. The molecule has 0 aromatic carbocycles. The third-order valence-corrected chi connectivity index (χ3v) is 1.36. The molecule has 0 saturated heterocycles. The van der Waals surface area contributed by atoms with Crippen LogP contribution < -0.4 is 0 Å². The lowest BCUT2D eigenvalue weighted by Crippen LogP contribution is -2.01. The maximum absolute atomic E-state index is 10.4. The van der Waals surface area contributed by atoms with Crippen molar-refractivity contribution in [3.8, 4) is 0 Å². The number of aldehydes is 1. The number of carbonyl (C=O) groups is 1. The van der Waals surface area contributed by atoms with Crippen LogP contribution in [0.1, 0.15) is 16.2 Å². The molecule has 0 amide bonds. The first kappa shape index (κ1) is 7.72. The monoisotopic (exact) mass is 150 g/mol. The summed E-state index contributed by atoms with van der Waals surface area (Å²) in [4.78, 5) is 10.4. The summed E-state index contributed by atoms with van der Waals surface area (Å²) in [5.74, 6) is 0. The predicted octanol–water partition coefficient (Wildman–Crippen LogP) is 1.19. The molecule has 0 bridgehead atoms. The lowest BCUT2D eigenvalue weighted by atomic mass is 10.4. The van der Waals surface area contributed by atoms with Gasteiger partial charge in [-0.25, -0.2) is 0 Å². The van der Waals surface area contributed by atoms with Crippen molar-refractivity contribution in [2.45, 2.75) is 13.5 Å². The highest BCUT2D eigenvalue weighted by Gasteiger charge is 2.00. The van der Waals surface area contributed by atoms with Crippen molar-refractivity contribution in [2.24, 2.45) is 0 Å². The standard InChI is InChI=1S/C8H10N2O/c1-3-4-10-8(6-11)5-7(2)9-10/h3,5-6H,1,4H2,2H3. The van der Waals surface area contributed by atoms with Gasteiger partial charge in [0.05, 0.1) is 12.2 Å². The zero-order chi connectivity index (χ0) is 8.27. The molecule has 0 aliphatic rings. The summed E-state index contributed by atoms with van der Waals surface area (Å²) < 4.78 is 1.62.